The second-order valence-corrected chi connectivity index (χ2v) is 19.2. The largest absolute Gasteiger partial charge is 0.487 e. The summed E-state index contributed by atoms with van der Waals surface area (Å²) in [5, 5.41) is 8.73. The number of hydrogen-bond acceptors (Lipinski definition) is 11. The van der Waals surface area contributed by atoms with Gasteiger partial charge in [-0.05, 0) is 42.9 Å². The van der Waals surface area contributed by atoms with E-state index in [1.165, 1.54) is 23.8 Å². The highest BCUT2D eigenvalue weighted by Crippen LogP contribution is 2.43. The maximum Gasteiger partial charge on any atom is 0.416 e. The lowest BCUT2D eigenvalue weighted by Gasteiger charge is -2.27. The number of alkyl halides is 8. The molecule has 13 nitrogen and oxygen atoms in total. The Kier molecular flexibility index (Phi) is 17.9. The first kappa shape index (κ1) is 56.4. The standard InChI is InChI=1S/C13H15F5O.C11H14F3NO.C11H15FN4O.C11H16N4O/c1-12(2,3)11-8(13(16,17)18)5-4-6-9(11)19-7-10(14)15;1-10(2,3)8-7(11(12,13)14)5-6-15-9(8)16-4;1-5-17-10-13-7(12)6-8-14-9(11(2,3)4)15-16(8)10;1-7-6-12-10(16-5)15-8(7)13-9(14-15)11(2,3)4/h4-6,10H,7H2,1-3H3;5-6H,1-4H3;6H,5H2,1-4H3;6H,1-5H3. The summed E-state index contributed by atoms with van der Waals surface area (Å²) in [4.78, 5) is 20.4. The van der Waals surface area contributed by atoms with Crippen molar-refractivity contribution in [2.45, 2.75) is 137 Å². The van der Waals surface area contributed by atoms with Gasteiger partial charge in [0.15, 0.2) is 22.9 Å². The number of halogens is 9. The lowest BCUT2D eigenvalue weighted by atomic mass is 9.83. The number of hydrogen-bond donors (Lipinski definition) is 0. The predicted octanol–water partition coefficient (Wildman–Crippen LogP) is 11.8. The number of nitrogens with zero attached hydrogens (tertiary/aromatic N) is 9. The maximum atomic E-state index is 13.3. The highest BCUT2D eigenvalue weighted by atomic mass is 19.4. The van der Waals surface area contributed by atoms with E-state index in [0.717, 1.165) is 41.4 Å². The van der Waals surface area contributed by atoms with E-state index in [4.69, 9.17) is 18.9 Å². The summed E-state index contributed by atoms with van der Waals surface area (Å²) in [6.45, 7) is 25.3. The van der Waals surface area contributed by atoms with Gasteiger partial charge in [-0.15, -0.1) is 10.2 Å². The number of pyridine rings is 1. The average molecular weight is 974 g/mol. The molecule has 6 rings (SSSR count). The van der Waals surface area contributed by atoms with Crippen molar-refractivity contribution in [1.82, 2.24) is 44.1 Å². The average Bonchev–Trinajstić information content (AvgIpc) is 3.87. The Morgan fingerprint density at radius 2 is 1.18 bits per heavy atom. The monoisotopic (exact) mass is 973 g/mol. The van der Waals surface area contributed by atoms with Gasteiger partial charge in [-0.3, -0.25) is 0 Å². The fourth-order valence-electron chi connectivity index (χ4n) is 6.17. The van der Waals surface area contributed by atoms with Gasteiger partial charge in [0.2, 0.25) is 11.8 Å². The quantitative estimate of drug-likeness (QED) is 0.112. The van der Waals surface area contributed by atoms with Gasteiger partial charge in [-0.25, -0.2) is 28.7 Å². The number of aryl methyl sites for hydroxylation is 1. The van der Waals surface area contributed by atoms with Crippen LogP contribution in [0.3, 0.4) is 0 Å². The van der Waals surface area contributed by atoms with E-state index in [1.54, 1.807) is 66.3 Å². The van der Waals surface area contributed by atoms with Crippen molar-refractivity contribution in [1.29, 1.82) is 0 Å². The van der Waals surface area contributed by atoms with Crippen LogP contribution in [0.15, 0.2) is 42.7 Å². The minimum Gasteiger partial charge on any atom is -0.487 e. The number of rotatable bonds is 7. The Balaban J connectivity index is 0.000000241. The molecule has 0 saturated heterocycles. The summed E-state index contributed by atoms with van der Waals surface area (Å²) < 4.78 is 138. The van der Waals surface area contributed by atoms with Gasteiger partial charge in [-0.2, -0.15) is 44.7 Å². The molecule has 0 amide bonds. The number of methoxy groups -OCH3 is 2. The first-order valence-electron chi connectivity index (χ1n) is 21.1. The SMILES string of the molecule is CC(C)(C)c1c(OCC(F)F)cccc1C(F)(F)F.CCOc1nc(F)cc2nc(C(C)(C)C)nn12.COc1ncc(C)c2nc(C(C)(C)C)nn12.COc1nccc(C(F)(F)F)c1C(C)(C)C. The summed E-state index contributed by atoms with van der Waals surface area (Å²) >= 11 is 0. The first-order chi connectivity index (χ1) is 31.1. The molecule has 5 aromatic heterocycles. The van der Waals surface area contributed by atoms with Crippen LogP contribution in [-0.2, 0) is 34.0 Å². The van der Waals surface area contributed by atoms with E-state index in [9.17, 15) is 39.5 Å². The van der Waals surface area contributed by atoms with Crippen molar-refractivity contribution < 1.29 is 58.5 Å². The molecule has 0 aliphatic rings. The van der Waals surface area contributed by atoms with Crippen LogP contribution in [0.25, 0.3) is 11.3 Å². The minimum absolute atomic E-state index is 0.0299. The van der Waals surface area contributed by atoms with Crippen molar-refractivity contribution in [2.75, 3.05) is 27.4 Å². The fraction of sp³-hybridized carbons (Fsp3) is 0.543. The summed E-state index contributed by atoms with van der Waals surface area (Å²) in [6, 6.07) is 6.16. The van der Waals surface area contributed by atoms with Crippen LogP contribution in [0.2, 0.25) is 0 Å². The topological polar surface area (TPSA) is 136 Å². The van der Waals surface area contributed by atoms with Gasteiger partial charge < -0.3 is 18.9 Å². The second-order valence-electron chi connectivity index (χ2n) is 19.2. The van der Waals surface area contributed by atoms with Crippen LogP contribution in [0, 0.1) is 12.9 Å². The zero-order valence-corrected chi connectivity index (χ0v) is 41.1. The molecule has 68 heavy (non-hydrogen) atoms. The highest BCUT2D eigenvalue weighted by Gasteiger charge is 2.40. The molecule has 0 N–H and O–H groups in total. The molecule has 0 spiro atoms. The van der Waals surface area contributed by atoms with Crippen LogP contribution >= 0.6 is 0 Å². The number of fused-ring (bicyclic) bond motifs is 2. The first-order valence-corrected chi connectivity index (χ1v) is 21.1. The molecule has 0 aliphatic carbocycles. The molecule has 1 aromatic carbocycles. The zero-order chi connectivity index (χ0) is 52.0. The molecule has 376 valence electrons. The van der Waals surface area contributed by atoms with Gasteiger partial charge in [0.25, 0.3) is 6.43 Å². The second kappa shape index (κ2) is 21.6. The van der Waals surface area contributed by atoms with E-state index >= 15 is 0 Å². The molecule has 0 saturated carbocycles. The normalized spacial score (nSPS) is 12.4. The lowest BCUT2D eigenvalue weighted by molar-refractivity contribution is -0.139. The molecule has 0 unspecified atom stereocenters. The molecular formula is C46H60F9N9O4. The van der Waals surface area contributed by atoms with Crippen LogP contribution in [-0.4, -0.2) is 78.0 Å². The van der Waals surface area contributed by atoms with Gasteiger partial charge in [0, 0.05) is 46.0 Å². The minimum atomic E-state index is -4.55. The zero-order valence-electron chi connectivity index (χ0n) is 41.1. The van der Waals surface area contributed by atoms with Crippen LogP contribution < -0.4 is 18.9 Å². The Bertz CT molecular complexity index is 2600. The van der Waals surface area contributed by atoms with Crippen molar-refractivity contribution >= 4 is 11.3 Å². The van der Waals surface area contributed by atoms with E-state index in [-0.39, 0.29) is 39.6 Å². The predicted molar refractivity (Wildman–Crippen MR) is 238 cm³/mol. The molecule has 5 heterocycles. The molecule has 0 bridgehead atoms. The number of aromatic nitrogens is 9. The summed E-state index contributed by atoms with van der Waals surface area (Å²) in [5.74, 6) is 0.687. The van der Waals surface area contributed by atoms with Crippen molar-refractivity contribution in [3.63, 3.8) is 0 Å². The van der Waals surface area contributed by atoms with Gasteiger partial charge in [0.05, 0.1) is 32.0 Å². The fourth-order valence-corrected chi connectivity index (χ4v) is 6.17. The summed E-state index contributed by atoms with van der Waals surface area (Å²) in [6.07, 6.45) is -8.82. The van der Waals surface area contributed by atoms with Crippen LogP contribution in [0.5, 0.6) is 23.7 Å². The van der Waals surface area contributed by atoms with Crippen LogP contribution in [0.1, 0.15) is 129 Å². The van der Waals surface area contributed by atoms with Gasteiger partial charge >= 0.3 is 24.4 Å². The molecule has 0 fully saturated rings. The van der Waals surface area contributed by atoms with E-state index in [2.05, 4.69) is 55.9 Å². The Morgan fingerprint density at radius 3 is 1.66 bits per heavy atom. The molecule has 22 heteroatoms. The van der Waals surface area contributed by atoms with E-state index in [1.807, 2.05) is 27.7 Å². The molecular weight excluding hydrogens is 914 g/mol. The summed E-state index contributed by atoms with van der Waals surface area (Å²) in [5.41, 5.74) is -1.19. The summed E-state index contributed by atoms with van der Waals surface area (Å²) in [7, 11) is 2.90. The number of ether oxygens (including phenoxy) is 4. The Labute approximate surface area is 389 Å². The van der Waals surface area contributed by atoms with E-state index in [0.29, 0.717) is 24.1 Å². The number of benzene rings is 1. The molecule has 6 aromatic rings. The smallest absolute Gasteiger partial charge is 0.416 e. The third-order valence-electron chi connectivity index (χ3n) is 9.18. The van der Waals surface area contributed by atoms with Gasteiger partial charge in [0.1, 0.15) is 12.4 Å². The molecule has 0 atom stereocenters. The van der Waals surface area contributed by atoms with Crippen molar-refractivity contribution in [3.05, 3.63) is 88.1 Å². The van der Waals surface area contributed by atoms with Crippen molar-refractivity contribution in [2.24, 2.45) is 0 Å². The highest BCUT2D eigenvalue weighted by molar-refractivity contribution is 5.48. The molecule has 0 aliphatic heterocycles. The molecule has 0 radical (unpaired) electrons. The third-order valence-corrected chi connectivity index (χ3v) is 9.18. The van der Waals surface area contributed by atoms with Crippen molar-refractivity contribution in [3.8, 4) is 23.7 Å². The Hall–Kier alpha value is -5.96. The van der Waals surface area contributed by atoms with Gasteiger partial charge in [-0.1, -0.05) is 89.2 Å². The Morgan fingerprint density at radius 1 is 0.632 bits per heavy atom. The third kappa shape index (κ3) is 14.8. The van der Waals surface area contributed by atoms with Crippen LogP contribution in [0.4, 0.5) is 39.5 Å². The van der Waals surface area contributed by atoms with E-state index < -0.39 is 53.3 Å². The lowest BCUT2D eigenvalue weighted by Crippen LogP contribution is -2.22. The maximum absolute atomic E-state index is 13.3.